The molecule has 170 valence electrons. The van der Waals surface area contributed by atoms with Crippen molar-refractivity contribution < 1.29 is 13.6 Å². The van der Waals surface area contributed by atoms with Crippen LogP contribution in [0.5, 0.6) is 0 Å². The number of fused-ring (bicyclic) bond motifs is 1. The molecule has 0 aliphatic carbocycles. The molecule has 0 aliphatic rings. The van der Waals surface area contributed by atoms with Gasteiger partial charge in [-0.3, -0.25) is 14.6 Å². The summed E-state index contributed by atoms with van der Waals surface area (Å²) in [6, 6.07) is 12.1. The number of nitrogens with one attached hydrogen (secondary N) is 2. The molecular formula is C23H17F2N7O2. The Balaban J connectivity index is 1.60. The quantitative estimate of drug-likeness (QED) is 0.426. The highest BCUT2D eigenvalue weighted by Gasteiger charge is 2.21. The van der Waals surface area contributed by atoms with Crippen LogP contribution in [0.3, 0.4) is 0 Å². The van der Waals surface area contributed by atoms with E-state index in [9.17, 15) is 18.4 Å². The van der Waals surface area contributed by atoms with E-state index in [0.717, 1.165) is 23.8 Å². The SMILES string of the molecule is Cc1ccc(-n2ncc3c(=O)[nH]c(-n4nc(C)cc4NC(=O)c4c(F)cccc4F)nc32)cc1. The molecule has 0 saturated heterocycles. The summed E-state index contributed by atoms with van der Waals surface area (Å²) in [7, 11) is 0. The second kappa shape index (κ2) is 8.03. The maximum absolute atomic E-state index is 14.1. The number of hydrogen-bond donors (Lipinski definition) is 2. The number of rotatable bonds is 4. The predicted molar refractivity (Wildman–Crippen MR) is 120 cm³/mol. The van der Waals surface area contributed by atoms with Crippen molar-refractivity contribution in [2.45, 2.75) is 13.8 Å². The molecular weight excluding hydrogens is 444 g/mol. The van der Waals surface area contributed by atoms with Gasteiger partial charge in [0.15, 0.2) is 5.65 Å². The Kier molecular flexibility index (Phi) is 5.01. The van der Waals surface area contributed by atoms with Crippen molar-refractivity contribution in [1.82, 2.24) is 29.5 Å². The zero-order valence-corrected chi connectivity index (χ0v) is 18.0. The van der Waals surface area contributed by atoms with E-state index in [4.69, 9.17) is 0 Å². The van der Waals surface area contributed by atoms with E-state index in [1.54, 1.807) is 6.92 Å². The van der Waals surface area contributed by atoms with Gasteiger partial charge in [-0.1, -0.05) is 23.8 Å². The number of hydrogen-bond acceptors (Lipinski definition) is 5. The molecule has 0 unspecified atom stereocenters. The highest BCUT2D eigenvalue weighted by atomic mass is 19.1. The number of carbonyl (C=O) groups excluding carboxylic acids is 1. The van der Waals surface area contributed by atoms with Crippen molar-refractivity contribution in [1.29, 1.82) is 0 Å². The van der Waals surface area contributed by atoms with Crippen LogP contribution in [0, 0.1) is 25.5 Å². The third-order valence-corrected chi connectivity index (χ3v) is 5.17. The van der Waals surface area contributed by atoms with Gasteiger partial charge in [0.1, 0.15) is 28.4 Å². The molecule has 0 fully saturated rings. The van der Waals surface area contributed by atoms with E-state index in [1.807, 2.05) is 31.2 Å². The summed E-state index contributed by atoms with van der Waals surface area (Å²) in [6.45, 7) is 3.61. The van der Waals surface area contributed by atoms with Crippen LogP contribution >= 0.6 is 0 Å². The second-order valence-electron chi connectivity index (χ2n) is 7.65. The lowest BCUT2D eigenvalue weighted by Gasteiger charge is -2.10. The number of amides is 1. The lowest BCUT2D eigenvalue weighted by molar-refractivity contribution is 0.101. The minimum atomic E-state index is -1.01. The molecule has 0 spiro atoms. The smallest absolute Gasteiger partial charge is 0.263 e. The molecule has 1 amide bonds. The number of benzene rings is 2. The molecule has 3 heterocycles. The number of aryl methyl sites for hydroxylation is 2. The first-order valence-corrected chi connectivity index (χ1v) is 10.2. The van der Waals surface area contributed by atoms with Crippen molar-refractivity contribution in [3.8, 4) is 11.6 Å². The van der Waals surface area contributed by atoms with Crippen LogP contribution in [0.15, 0.2) is 59.5 Å². The molecule has 2 N–H and O–H groups in total. The van der Waals surface area contributed by atoms with Gasteiger partial charge in [0.25, 0.3) is 11.5 Å². The summed E-state index contributed by atoms with van der Waals surface area (Å²) in [6.07, 6.45) is 1.41. The van der Waals surface area contributed by atoms with Crippen molar-refractivity contribution >= 4 is 22.8 Å². The summed E-state index contributed by atoms with van der Waals surface area (Å²) in [4.78, 5) is 32.5. The molecule has 2 aromatic carbocycles. The Bertz CT molecular complexity index is 1600. The normalized spacial score (nSPS) is 11.2. The van der Waals surface area contributed by atoms with Gasteiger partial charge >= 0.3 is 0 Å². The average molecular weight is 461 g/mol. The van der Waals surface area contributed by atoms with E-state index >= 15 is 0 Å². The van der Waals surface area contributed by atoms with Crippen LogP contribution in [0.2, 0.25) is 0 Å². The number of H-pyrrole nitrogens is 1. The third-order valence-electron chi connectivity index (χ3n) is 5.17. The first-order valence-electron chi connectivity index (χ1n) is 10.2. The number of halogens is 2. The number of carbonyl (C=O) groups is 1. The highest BCUT2D eigenvalue weighted by Crippen LogP contribution is 2.20. The molecule has 5 aromatic rings. The lowest BCUT2D eigenvalue weighted by Crippen LogP contribution is -2.20. The zero-order chi connectivity index (χ0) is 24.0. The van der Waals surface area contributed by atoms with Crippen molar-refractivity contribution in [3.05, 3.63) is 93.5 Å². The van der Waals surface area contributed by atoms with Crippen LogP contribution in [0.25, 0.3) is 22.7 Å². The van der Waals surface area contributed by atoms with Gasteiger partial charge < -0.3 is 5.32 Å². The Morgan fingerprint density at radius 2 is 1.74 bits per heavy atom. The highest BCUT2D eigenvalue weighted by molar-refractivity contribution is 6.04. The first-order chi connectivity index (χ1) is 16.3. The third kappa shape index (κ3) is 3.62. The number of anilines is 1. The number of aromatic amines is 1. The Labute approximate surface area is 190 Å². The summed E-state index contributed by atoms with van der Waals surface area (Å²) < 4.78 is 30.8. The van der Waals surface area contributed by atoms with Gasteiger partial charge in [-0.2, -0.15) is 19.9 Å². The summed E-state index contributed by atoms with van der Waals surface area (Å²) in [5, 5.41) is 11.2. The molecule has 0 saturated carbocycles. The maximum Gasteiger partial charge on any atom is 0.263 e. The van der Waals surface area contributed by atoms with E-state index in [2.05, 4.69) is 25.5 Å². The maximum atomic E-state index is 14.1. The van der Waals surface area contributed by atoms with Crippen molar-refractivity contribution in [2.75, 3.05) is 5.32 Å². The van der Waals surface area contributed by atoms with Gasteiger partial charge in [-0.05, 0) is 38.1 Å². The predicted octanol–water partition coefficient (Wildman–Crippen LogP) is 3.44. The monoisotopic (exact) mass is 461 g/mol. The van der Waals surface area contributed by atoms with Crippen LogP contribution in [0.4, 0.5) is 14.6 Å². The van der Waals surface area contributed by atoms with E-state index in [1.165, 1.54) is 21.6 Å². The Hall–Kier alpha value is -4.67. The first kappa shape index (κ1) is 21.2. The van der Waals surface area contributed by atoms with Gasteiger partial charge in [-0.15, -0.1) is 0 Å². The number of nitrogens with zero attached hydrogens (tertiary/aromatic N) is 5. The Morgan fingerprint density at radius 3 is 2.44 bits per heavy atom. The zero-order valence-electron chi connectivity index (χ0n) is 18.0. The van der Waals surface area contributed by atoms with Crippen LogP contribution < -0.4 is 10.9 Å². The Morgan fingerprint density at radius 1 is 1.03 bits per heavy atom. The standard InChI is InChI=1S/C23H17F2N7O2/c1-12-6-8-14(9-7-12)31-20-15(11-26-31)21(33)29-23(28-20)32-18(10-13(2)30-32)27-22(34)19-16(24)4-3-5-17(19)25/h3-11H,1-2H3,(H,27,34)(H,28,29,33). The largest absolute Gasteiger partial charge is 0.306 e. The molecule has 0 bridgehead atoms. The van der Waals surface area contributed by atoms with Gasteiger partial charge in [-0.25, -0.2) is 13.5 Å². The topological polar surface area (TPSA) is 110 Å². The minimum absolute atomic E-state index is 0.0104. The molecule has 0 aliphatic heterocycles. The van der Waals surface area contributed by atoms with Gasteiger partial charge in [0.2, 0.25) is 5.95 Å². The van der Waals surface area contributed by atoms with E-state index in [0.29, 0.717) is 11.4 Å². The van der Waals surface area contributed by atoms with Crippen LogP contribution in [-0.4, -0.2) is 35.4 Å². The summed E-state index contributed by atoms with van der Waals surface area (Å²) in [5.41, 5.74) is 1.30. The summed E-state index contributed by atoms with van der Waals surface area (Å²) in [5.74, 6) is -2.96. The fourth-order valence-electron chi connectivity index (χ4n) is 3.53. The van der Waals surface area contributed by atoms with Crippen molar-refractivity contribution in [2.24, 2.45) is 0 Å². The second-order valence-corrected chi connectivity index (χ2v) is 7.65. The molecule has 0 radical (unpaired) electrons. The average Bonchev–Trinajstić information content (AvgIpc) is 3.38. The van der Waals surface area contributed by atoms with Gasteiger partial charge in [0, 0.05) is 6.07 Å². The molecule has 11 heteroatoms. The van der Waals surface area contributed by atoms with E-state index < -0.39 is 28.7 Å². The van der Waals surface area contributed by atoms with E-state index in [-0.39, 0.29) is 22.8 Å². The van der Waals surface area contributed by atoms with Gasteiger partial charge in [0.05, 0.1) is 17.6 Å². The molecule has 3 aromatic heterocycles. The summed E-state index contributed by atoms with van der Waals surface area (Å²) >= 11 is 0. The molecule has 9 nitrogen and oxygen atoms in total. The fraction of sp³-hybridized carbons (Fsp3) is 0.0870. The van der Waals surface area contributed by atoms with Crippen LogP contribution in [-0.2, 0) is 0 Å². The fourth-order valence-corrected chi connectivity index (χ4v) is 3.53. The molecule has 5 rings (SSSR count). The molecule has 0 atom stereocenters. The number of aromatic nitrogens is 6. The minimum Gasteiger partial charge on any atom is -0.306 e. The van der Waals surface area contributed by atoms with Crippen molar-refractivity contribution in [3.63, 3.8) is 0 Å². The lowest BCUT2D eigenvalue weighted by atomic mass is 10.2. The van der Waals surface area contributed by atoms with Crippen LogP contribution in [0.1, 0.15) is 21.6 Å². The molecule has 34 heavy (non-hydrogen) atoms.